The summed E-state index contributed by atoms with van der Waals surface area (Å²) in [5, 5.41) is 0. The molecular formula is C16H25FN2. The number of nitrogens with zero attached hydrogens (tertiary/aromatic N) is 1. The molecule has 2 N–H and O–H groups in total. The number of halogens is 1. The molecule has 1 saturated heterocycles. The predicted molar refractivity (Wildman–Crippen MR) is 78.3 cm³/mol. The Balaban J connectivity index is 1.96. The summed E-state index contributed by atoms with van der Waals surface area (Å²) < 4.78 is 13.8. The van der Waals surface area contributed by atoms with Crippen molar-refractivity contribution in [2.24, 2.45) is 11.3 Å². The maximum absolute atomic E-state index is 13.8. The molecule has 0 spiro atoms. The van der Waals surface area contributed by atoms with Crippen molar-refractivity contribution < 1.29 is 4.39 Å². The molecular weight excluding hydrogens is 239 g/mol. The molecule has 1 fully saturated rings. The predicted octanol–water partition coefficient (Wildman–Crippen LogP) is 3.67. The molecule has 0 saturated carbocycles. The van der Waals surface area contributed by atoms with Crippen molar-refractivity contribution in [2.75, 3.05) is 18.8 Å². The molecule has 2 rings (SSSR count). The lowest BCUT2D eigenvalue weighted by molar-refractivity contribution is 0.107. The largest absolute Gasteiger partial charge is 0.398 e. The third-order valence-corrected chi connectivity index (χ3v) is 4.35. The minimum atomic E-state index is -0.182. The third-order valence-electron chi connectivity index (χ3n) is 4.35. The van der Waals surface area contributed by atoms with Crippen LogP contribution in [-0.4, -0.2) is 18.0 Å². The molecule has 1 aromatic rings. The van der Waals surface area contributed by atoms with Crippen molar-refractivity contribution in [1.29, 1.82) is 0 Å². The van der Waals surface area contributed by atoms with Gasteiger partial charge in [0.2, 0.25) is 0 Å². The zero-order chi connectivity index (χ0) is 14.0. The highest BCUT2D eigenvalue weighted by Crippen LogP contribution is 2.34. The molecule has 0 unspecified atom stereocenters. The SMILES string of the molecule is CC(C)(C)C1CCN(Cc2c(N)cccc2F)CC1. The molecule has 1 aromatic carbocycles. The van der Waals surface area contributed by atoms with Crippen LogP contribution in [0.2, 0.25) is 0 Å². The average molecular weight is 264 g/mol. The Hall–Kier alpha value is -1.09. The molecule has 0 bridgehead atoms. The number of benzene rings is 1. The Kier molecular flexibility index (Phi) is 4.14. The van der Waals surface area contributed by atoms with Gasteiger partial charge in [0.1, 0.15) is 5.82 Å². The van der Waals surface area contributed by atoms with Gasteiger partial charge in [-0.1, -0.05) is 26.8 Å². The maximum atomic E-state index is 13.8. The van der Waals surface area contributed by atoms with Gasteiger partial charge in [0.25, 0.3) is 0 Å². The molecule has 1 heterocycles. The van der Waals surface area contributed by atoms with E-state index < -0.39 is 0 Å². The number of nitrogen functional groups attached to an aromatic ring is 1. The summed E-state index contributed by atoms with van der Waals surface area (Å²) >= 11 is 0. The van der Waals surface area contributed by atoms with Crippen molar-refractivity contribution in [3.8, 4) is 0 Å². The minimum Gasteiger partial charge on any atom is -0.398 e. The molecule has 1 aliphatic rings. The molecule has 0 amide bonds. The van der Waals surface area contributed by atoms with Crippen LogP contribution >= 0.6 is 0 Å². The Labute approximate surface area is 115 Å². The Bertz CT molecular complexity index is 409. The van der Waals surface area contributed by atoms with Gasteiger partial charge in [-0.15, -0.1) is 0 Å². The van der Waals surface area contributed by atoms with Gasteiger partial charge < -0.3 is 5.73 Å². The zero-order valence-electron chi connectivity index (χ0n) is 12.2. The van der Waals surface area contributed by atoms with E-state index in [1.807, 2.05) is 0 Å². The van der Waals surface area contributed by atoms with E-state index in [2.05, 4.69) is 25.7 Å². The van der Waals surface area contributed by atoms with Crippen LogP contribution in [-0.2, 0) is 6.54 Å². The van der Waals surface area contributed by atoms with Crippen molar-refractivity contribution in [3.05, 3.63) is 29.6 Å². The summed E-state index contributed by atoms with van der Waals surface area (Å²) in [5.74, 6) is 0.583. The first-order valence-electron chi connectivity index (χ1n) is 7.13. The Morgan fingerprint density at radius 1 is 1.26 bits per heavy atom. The smallest absolute Gasteiger partial charge is 0.129 e. The lowest BCUT2D eigenvalue weighted by Gasteiger charge is -2.38. The van der Waals surface area contributed by atoms with Gasteiger partial charge in [0, 0.05) is 17.8 Å². The van der Waals surface area contributed by atoms with Crippen LogP contribution in [0.5, 0.6) is 0 Å². The second kappa shape index (κ2) is 5.49. The van der Waals surface area contributed by atoms with Gasteiger partial charge in [0.05, 0.1) is 0 Å². The molecule has 0 aliphatic carbocycles. The van der Waals surface area contributed by atoms with Crippen LogP contribution in [0.4, 0.5) is 10.1 Å². The Morgan fingerprint density at radius 3 is 2.42 bits per heavy atom. The number of anilines is 1. The van der Waals surface area contributed by atoms with E-state index in [1.54, 1.807) is 12.1 Å². The normalized spacial score (nSPS) is 18.7. The number of piperidine rings is 1. The fourth-order valence-corrected chi connectivity index (χ4v) is 2.92. The summed E-state index contributed by atoms with van der Waals surface area (Å²) in [6.45, 7) is 9.63. The summed E-state index contributed by atoms with van der Waals surface area (Å²) in [6.07, 6.45) is 2.38. The van der Waals surface area contributed by atoms with Gasteiger partial charge in [-0.25, -0.2) is 4.39 Å². The van der Waals surface area contributed by atoms with Gasteiger partial charge in [0.15, 0.2) is 0 Å². The van der Waals surface area contributed by atoms with Crippen LogP contribution in [0.1, 0.15) is 39.2 Å². The summed E-state index contributed by atoms with van der Waals surface area (Å²) in [5.41, 5.74) is 7.46. The number of nitrogens with two attached hydrogens (primary N) is 1. The summed E-state index contributed by atoms with van der Waals surface area (Å²) in [6, 6.07) is 4.94. The standard InChI is InChI=1S/C16H25FN2/c1-16(2,3)12-7-9-19(10-8-12)11-13-14(17)5-4-6-15(13)18/h4-6,12H,7-11,18H2,1-3H3. The second-order valence-corrected chi connectivity index (χ2v) is 6.72. The first-order chi connectivity index (χ1) is 8.88. The summed E-state index contributed by atoms with van der Waals surface area (Å²) in [4.78, 5) is 2.32. The van der Waals surface area contributed by atoms with Crippen LogP contribution < -0.4 is 5.73 Å². The van der Waals surface area contributed by atoms with Crippen molar-refractivity contribution in [2.45, 2.75) is 40.2 Å². The highest BCUT2D eigenvalue weighted by molar-refractivity contribution is 5.47. The molecule has 0 aromatic heterocycles. The number of likely N-dealkylation sites (tertiary alicyclic amines) is 1. The quantitative estimate of drug-likeness (QED) is 0.826. The van der Waals surface area contributed by atoms with Crippen LogP contribution in [0.15, 0.2) is 18.2 Å². The maximum Gasteiger partial charge on any atom is 0.129 e. The number of hydrogen-bond donors (Lipinski definition) is 1. The van der Waals surface area contributed by atoms with Crippen LogP contribution in [0.25, 0.3) is 0 Å². The third kappa shape index (κ3) is 3.47. The van der Waals surface area contributed by atoms with Crippen LogP contribution in [0, 0.1) is 17.2 Å². The molecule has 19 heavy (non-hydrogen) atoms. The zero-order valence-corrected chi connectivity index (χ0v) is 12.2. The minimum absolute atomic E-state index is 0.182. The second-order valence-electron chi connectivity index (χ2n) is 6.72. The monoisotopic (exact) mass is 264 g/mol. The van der Waals surface area contributed by atoms with E-state index >= 15 is 0 Å². The molecule has 0 radical (unpaired) electrons. The molecule has 106 valence electrons. The van der Waals surface area contributed by atoms with Crippen molar-refractivity contribution >= 4 is 5.69 Å². The number of rotatable bonds is 2. The topological polar surface area (TPSA) is 29.3 Å². The lowest BCUT2D eigenvalue weighted by atomic mass is 9.75. The van der Waals surface area contributed by atoms with Crippen molar-refractivity contribution in [3.63, 3.8) is 0 Å². The van der Waals surface area contributed by atoms with E-state index in [4.69, 9.17) is 5.73 Å². The van der Waals surface area contributed by atoms with Gasteiger partial charge in [-0.05, 0) is 49.4 Å². The highest BCUT2D eigenvalue weighted by atomic mass is 19.1. The Morgan fingerprint density at radius 2 is 1.89 bits per heavy atom. The van der Waals surface area contributed by atoms with E-state index in [9.17, 15) is 4.39 Å². The van der Waals surface area contributed by atoms with E-state index in [0.29, 0.717) is 23.2 Å². The molecule has 3 heteroatoms. The summed E-state index contributed by atoms with van der Waals surface area (Å²) in [7, 11) is 0. The molecule has 1 aliphatic heterocycles. The van der Waals surface area contributed by atoms with E-state index in [1.165, 1.54) is 18.9 Å². The first-order valence-corrected chi connectivity index (χ1v) is 7.13. The highest BCUT2D eigenvalue weighted by Gasteiger charge is 2.29. The van der Waals surface area contributed by atoms with Gasteiger partial charge in [-0.2, -0.15) is 0 Å². The lowest BCUT2D eigenvalue weighted by Crippen LogP contribution is -2.37. The average Bonchev–Trinajstić information content (AvgIpc) is 2.33. The van der Waals surface area contributed by atoms with E-state index in [-0.39, 0.29) is 5.82 Å². The fourth-order valence-electron chi connectivity index (χ4n) is 2.92. The van der Waals surface area contributed by atoms with Gasteiger partial charge >= 0.3 is 0 Å². The molecule has 0 atom stereocenters. The van der Waals surface area contributed by atoms with Crippen molar-refractivity contribution in [1.82, 2.24) is 4.90 Å². The van der Waals surface area contributed by atoms with Crippen LogP contribution in [0.3, 0.4) is 0 Å². The number of hydrogen-bond acceptors (Lipinski definition) is 2. The van der Waals surface area contributed by atoms with Gasteiger partial charge in [-0.3, -0.25) is 4.90 Å². The fraction of sp³-hybridized carbons (Fsp3) is 0.625. The first kappa shape index (κ1) is 14.3. The van der Waals surface area contributed by atoms with E-state index in [0.717, 1.165) is 19.0 Å². The molecule has 2 nitrogen and oxygen atoms in total.